The van der Waals surface area contributed by atoms with Crippen molar-refractivity contribution in [3.8, 4) is 17.1 Å². The first-order valence-electron chi connectivity index (χ1n) is 7.29. The highest BCUT2D eigenvalue weighted by Crippen LogP contribution is 2.20. The predicted octanol–water partition coefficient (Wildman–Crippen LogP) is 3.19. The summed E-state index contributed by atoms with van der Waals surface area (Å²) < 4.78 is 5.68. The second kappa shape index (κ2) is 7.70. The van der Waals surface area contributed by atoms with Crippen LogP contribution in [0.5, 0.6) is 5.88 Å². The fourth-order valence-corrected chi connectivity index (χ4v) is 2.15. The van der Waals surface area contributed by atoms with Gasteiger partial charge in [0.05, 0.1) is 12.3 Å². The molecule has 2 aromatic rings. The first-order valence-corrected chi connectivity index (χ1v) is 7.29. The summed E-state index contributed by atoms with van der Waals surface area (Å²) in [4.78, 5) is 2.39. The van der Waals surface area contributed by atoms with Crippen molar-refractivity contribution in [2.24, 2.45) is 0 Å². The van der Waals surface area contributed by atoms with Crippen LogP contribution in [-0.4, -0.2) is 41.3 Å². The first-order chi connectivity index (χ1) is 9.83. The van der Waals surface area contributed by atoms with Gasteiger partial charge in [0.15, 0.2) is 0 Å². The van der Waals surface area contributed by atoms with Gasteiger partial charge in [-0.05, 0) is 25.1 Å². The van der Waals surface area contributed by atoms with E-state index in [0.29, 0.717) is 12.5 Å². The number of ether oxygens (including phenoxy) is 1. The average Bonchev–Trinajstić information content (AvgIpc) is 2.97. The lowest BCUT2D eigenvalue weighted by Gasteiger charge is -2.17. The summed E-state index contributed by atoms with van der Waals surface area (Å²) in [6.45, 7) is 8.33. The normalized spacial score (nSPS) is 10.9. The Morgan fingerprint density at radius 3 is 2.60 bits per heavy atom. The van der Waals surface area contributed by atoms with Crippen molar-refractivity contribution >= 4 is 0 Å². The van der Waals surface area contributed by atoms with Crippen LogP contribution in [0.1, 0.15) is 20.3 Å². The van der Waals surface area contributed by atoms with Gasteiger partial charge in [0.2, 0.25) is 5.88 Å². The molecule has 0 spiro atoms. The lowest BCUT2D eigenvalue weighted by molar-refractivity contribution is 0.244. The van der Waals surface area contributed by atoms with Gasteiger partial charge in [0, 0.05) is 12.6 Å². The smallest absolute Gasteiger partial charge is 0.233 e. The molecule has 0 radical (unpaired) electrons. The Bertz CT molecular complexity index is 491. The minimum atomic E-state index is 0.670. The summed E-state index contributed by atoms with van der Waals surface area (Å²) in [6, 6.07) is 12.1. The van der Waals surface area contributed by atoms with Crippen LogP contribution < -0.4 is 4.74 Å². The maximum Gasteiger partial charge on any atom is 0.233 e. The van der Waals surface area contributed by atoms with Crippen LogP contribution in [0, 0.1) is 0 Å². The molecule has 108 valence electrons. The third kappa shape index (κ3) is 4.10. The molecule has 0 aliphatic rings. The zero-order valence-corrected chi connectivity index (χ0v) is 12.3. The Hall–Kier alpha value is -1.81. The third-order valence-corrected chi connectivity index (χ3v) is 3.40. The van der Waals surface area contributed by atoms with Gasteiger partial charge in [-0.3, -0.25) is 5.10 Å². The quantitative estimate of drug-likeness (QED) is 0.751. The highest BCUT2D eigenvalue weighted by Gasteiger charge is 2.04. The zero-order chi connectivity index (χ0) is 14.2. The Morgan fingerprint density at radius 2 is 1.90 bits per heavy atom. The number of aromatic amines is 1. The van der Waals surface area contributed by atoms with Gasteiger partial charge in [0.25, 0.3) is 0 Å². The van der Waals surface area contributed by atoms with Crippen molar-refractivity contribution in [1.29, 1.82) is 0 Å². The fourth-order valence-electron chi connectivity index (χ4n) is 2.15. The van der Waals surface area contributed by atoms with Crippen LogP contribution >= 0.6 is 0 Å². The molecule has 0 bridgehead atoms. The van der Waals surface area contributed by atoms with Gasteiger partial charge < -0.3 is 9.64 Å². The second-order valence-corrected chi connectivity index (χ2v) is 4.71. The van der Waals surface area contributed by atoms with E-state index in [2.05, 4.69) is 41.1 Å². The molecule has 1 aromatic carbocycles. The molecular formula is C16H23N3O. The number of hydrogen-bond donors (Lipinski definition) is 1. The first kappa shape index (κ1) is 14.6. The van der Waals surface area contributed by atoms with Gasteiger partial charge in [-0.25, -0.2) is 0 Å². The molecule has 0 unspecified atom stereocenters. The lowest BCUT2D eigenvalue weighted by Crippen LogP contribution is -2.25. The summed E-state index contributed by atoms with van der Waals surface area (Å²) >= 11 is 0. The molecule has 0 amide bonds. The molecule has 4 nitrogen and oxygen atoms in total. The maximum atomic E-state index is 5.68. The van der Waals surface area contributed by atoms with Crippen LogP contribution in [0.3, 0.4) is 0 Å². The fraction of sp³-hybridized carbons (Fsp3) is 0.438. The largest absolute Gasteiger partial charge is 0.477 e. The van der Waals surface area contributed by atoms with E-state index in [4.69, 9.17) is 4.74 Å². The molecule has 0 fully saturated rings. The number of rotatable bonds is 8. The Balaban J connectivity index is 1.79. The third-order valence-electron chi connectivity index (χ3n) is 3.40. The monoisotopic (exact) mass is 273 g/mol. The van der Waals surface area contributed by atoms with E-state index in [1.807, 2.05) is 24.3 Å². The molecular weight excluding hydrogens is 250 g/mol. The topological polar surface area (TPSA) is 41.1 Å². The van der Waals surface area contributed by atoms with Gasteiger partial charge in [-0.15, -0.1) is 5.10 Å². The SMILES string of the molecule is CCN(CC)CCCOc1cc(-c2ccccc2)[nH]n1. The second-order valence-electron chi connectivity index (χ2n) is 4.71. The number of nitrogens with zero attached hydrogens (tertiary/aromatic N) is 2. The standard InChI is InChI=1S/C16H23N3O/c1-3-19(4-2)11-8-12-20-16-13-15(17-18-16)14-9-6-5-7-10-14/h5-7,9-10,13H,3-4,8,11-12H2,1-2H3,(H,17,18). The van der Waals surface area contributed by atoms with Crippen LogP contribution in [-0.2, 0) is 0 Å². The summed E-state index contributed by atoms with van der Waals surface area (Å²) in [6.07, 6.45) is 1.02. The van der Waals surface area contributed by atoms with Crippen molar-refractivity contribution in [2.45, 2.75) is 20.3 Å². The van der Waals surface area contributed by atoms with Gasteiger partial charge in [-0.1, -0.05) is 44.2 Å². The zero-order valence-electron chi connectivity index (χ0n) is 12.3. The van der Waals surface area contributed by atoms with Crippen LogP contribution in [0.15, 0.2) is 36.4 Å². The van der Waals surface area contributed by atoms with Crippen LogP contribution in [0.2, 0.25) is 0 Å². The number of aromatic nitrogens is 2. The van der Waals surface area contributed by atoms with Gasteiger partial charge >= 0.3 is 0 Å². The van der Waals surface area contributed by atoms with Gasteiger partial charge in [0.1, 0.15) is 0 Å². The minimum Gasteiger partial charge on any atom is -0.477 e. The van der Waals surface area contributed by atoms with Gasteiger partial charge in [-0.2, -0.15) is 0 Å². The van der Waals surface area contributed by atoms with E-state index in [0.717, 1.165) is 37.3 Å². The molecule has 1 aromatic heterocycles. The number of H-pyrrole nitrogens is 1. The van der Waals surface area contributed by atoms with Crippen molar-refractivity contribution in [1.82, 2.24) is 15.1 Å². The Morgan fingerprint density at radius 1 is 1.15 bits per heavy atom. The molecule has 0 saturated heterocycles. The van der Waals surface area contributed by atoms with E-state index >= 15 is 0 Å². The molecule has 1 heterocycles. The van der Waals surface area contributed by atoms with E-state index in [-0.39, 0.29) is 0 Å². The van der Waals surface area contributed by atoms with Crippen molar-refractivity contribution < 1.29 is 4.74 Å². The Kier molecular flexibility index (Phi) is 5.62. The average molecular weight is 273 g/mol. The highest BCUT2D eigenvalue weighted by molar-refractivity contribution is 5.59. The molecule has 2 rings (SSSR count). The van der Waals surface area contributed by atoms with E-state index in [1.165, 1.54) is 0 Å². The van der Waals surface area contributed by atoms with E-state index in [9.17, 15) is 0 Å². The van der Waals surface area contributed by atoms with Crippen LogP contribution in [0.25, 0.3) is 11.3 Å². The number of hydrogen-bond acceptors (Lipinski definition) is 3. The maximum absolute atomic E-state index is 5.68. The number of benzene rings is 1. The minimum absolute atomic E-state index is 0.670. The molecule has 0 atom stereocenters. The predicted molar refractivity (Wildman–Crippen MR) is 81.9 cm³/mol. The summed E-state index contributed by atoms with van der Waals surface area (Å²) in [7, 11) is 0. The van der Waals surface area contributed by atoms with Crippen molar-refractivity contribution in [3.05, 3.63) is 36.4 Å². The molecule has 0 saturated carbocycles. The van der Waals surface area contributed by atoms with E-state index in [1.54, 1.807) is 0 Å². The summed E-state index contributed by atoms with van der Waals surface area (Å²) in [5.74, 6) is 0.670. The molecule has 1 N–H and O–H groups in total. The van der Waals surface area contributed by atoms with Crippen LogP contribution in [0.4, 0.5) is 0 Å². The Labute approximate surface area is 120 Å². The summed E-state index contributed by atoms with van der Waals surface area (Å²) in [5.41, 5.74) is 2.11. The molecule has 0 aliphatic heterocycles. The molecule has 0 aliphatic carbocycles. The summed E-state index contributed by atoms with van der Waals surface area (Å²) in [5, 5.41) is 7.20. The van der Waals surface area contributed by atoms with Crippen molar-refractivity contribution in [2.75, 3.05) is 26.2 Å². The molecule has 20 heavy (non-hydrogen) atoms. The lowest BCUT2D eigenvalue weighted by atomic mass is 10.2. The highest BCUT2D eigenvalue weighted by atomic mass is 16.5. The van der Waals surface area contributed by atoms with E-state index < -0.39 is 0 Å². The number of nitrogens with one attached hydrogen (secondary N) is 1. The molecule has 4 heteroatoms. The van der Waals surface area contributed by atoms with Crippen molar-refractivity contribution in [3.63, 3.8) is 0 Å².